The van der Waals surface area contributed by atoms with Crippen LogP contribution >= 0.6 is 0 Å². The summed E-state index contributed by atoms with van der Waals surface area (Å²) in [5.41, 5.74) is -0.392. The molecule has 0 spiro atoms. The Morgan fingerprint density at radius 2 is 1.81 bits per heavy atom. The number of hydrogen-bond acceptors (Lipinski definition) is 3. The van der Waals surface area contributed by atoms with Crippen molar-refractivity contribution in [1.82, 2.24) is 5.32 Å². The fourth-order valence-corrected chi connectivity index (χ4v) is 2.55. The minimum Gasteiger partial charge on any atom is -0.457 e. The lowest BCUT2D eigenvalue weighted by atomic mass is 10.2. The van der Waals surface area contributed by atoms with Crippen molar-refractivity contribution < 1.29 is 27.5 Å². The third kappa shape index (κ3) is 4.33. The highest BCUT2D eigenvalue weighted by atomic mass is 19.4. The summed E-state index contributed by atoms with van der Waals surface area (Å²) >= 11 is 0. The first-order chi connectivity index (χ1) is 12.3. The zero-order valence-electron chi connectivity index (χ0n) is 13.5. The quantitative estimate of drug-likeness (QED) is 0.869. The van der Waals surface area contributed by atoms with Gasteiger partial charge in [-0.15, -0.1) is 0 Å². The van der Waals surface area contributed by atoms with Crippen LogP contribution in [0, 0.1) is 0 Å². The van der Waals surface area contributed by atoms with Gasteiger partial charge in [0.25, 0.3) is 0 Å². The minimum atomic E-state index is -4.46. The lowest BCUT2D eigenvalue weighted by Crippen LogP contribution is -2.37. The van der Waals surface area contributed by atoms with Crippen LogP contribution in [-0.4, -0.2) is 17.9 Å². The zero-order valence-corrected chi connectivity index (χ0v) is 13.5. The van der Waals surface area contributed by atoms with E-state index >= 15 is 0 Å². The molecule has 0 bridgehead atoms. The minimum absolute atomic E-state index is 0.0337. The normalized spacial score (nSPS) is 16.9. The number of ether oxygens (including phenoxy) is 1. The Morgan fingerprint density at radius 3 is 2.46 bits per heavy atom. The van der Waals surface area contributed by atoms with Crippen LogP contribution in [0.25, 0.3) is 0 Å². The SMILES string of the molecule is O=C1CCC(C(=O)Nc2cccc(Oc3cccc(C(F)(F)F)c3)c2)N1. The Kier molecular flexibility index (Phi) is 4.83. The summed E-state index contributed by atoms with van der Waals surface area (Å²) in [5.74, 6) is -0.220. The van der Waals surface area contributed by atoms with E-state index in [0.717, 1.165) is 12.1 Å². The molecule has 1 aliphatic heterocycles. The molecule has 1 heterocycles. The largest absolute Gasteiger partial charge is 0.457 e. The monoisotopic (exact) mass is 364 g/mol. The van der Waals surface area contributed by atoms with Crippen molar-refractivity contribution in [3.05, 3.63) is 54.1 Å². The van der Waals surface area contributed by atoms with Gasteiger partial charge in [-0.05, 0) is 36.8 Å². The number of halogens is 3. The van der Waals surface area contributed by atoms with Crippen LogP contribution in [0.2, 0.25) is 0 Å². The van der Waals surface area contributed by atoms with Gasteiger partial charge in [0, 0.05) is 18.2 Å². The molecule has 3 rings (SSSR count). The van der Waals surface area contributed by atoms with Crippen molar-refractivity contribution in [3.63, 3.8) is 0 Å². The number of rotatable bonds is 4. The molecule has 2 N–H and O–H groups in total. The predicted octanol–water partition coefficient (Wildman–Crippen LogP) is 3.71. The number of nitrogens with one attached hydrogen (secondary N) is 2. The van der Waals surface area contributed by atoms with Crippen molar-refractivity contribution in [1.29, 1.82) is 0 Å². The predicted molar refractivity (Wildman–Crippen MR) is 87.8 cm³/mol. The van der Waals surface area contributed by atoms with E-state index in [0.29, 0.717) is 18.5 Å². The second kappa shape index (κ2) is 7.07. The van der Waals surface area contributed by atoms with Crippen LogP contribution in [-0.2, 0) is 15.8 Å². The standard InChI is InChI=1S/C18H15F3N2O3/c19-18(20,21)11-3-1-5-13(9-11)26-14-6-2-4-12(10-14)22-17(25)15-7-8-16(24)23-15/h1-6,9-10,15H,7-8H2,(H,22,25)(H,23,24). The average Bonchev–Trinajstić information content (AvgIpc) is 3.01. The molecule has 2 amide bonds. The third-order valence-corrected chi connectivity index (χ3v) is 3.81. The Labute approximate surface area is 147 Å². The molecule has 26 heavy (non-hydrogen) atoms. The molecule has 0 saturated carbocycles. The van der Waals surface area contributed by atoms with Crippen molar-refractivity contribution >= 4 is 17.5 Å². The molecule has 0 aromatic heterocycles. The molecule has 136 valence electrons. The first-order valence-electron chi connectivity index (χ1n) is 7.87. The zero-order chi connectivity index (χ0) is 18.7. The molecule has 0 radical (unpaired) electrons. The van der Waals surface area contributed by atoms with E-state index in [2.05, 4.69) is 10.6 Å². The van der Waals surface area contributed by atoms with Crippen LogP contribution in [0.4, 0.5) is 18.9 Å². The molecule has 1 saturated heterocycles. The number of alkyl halides is 3. The van der Waals surface area contributed by atoms with E-state index in [9.17, 15) is 22.8 Å². The molecule has 8 heteroatoms. The first kappa shape index (κ1) is 17.8. The Bertz CT molecular complexity index is 836. The maximum Gasteiger partial charge on any atom is 0.416 e. The van der Waals surface area contributed by atoms with Gasteiger partial charge in [0.2, 0.25) is 11.8 Å². The van der Waals surface area contributed by atoms with E-state index in [1.807, 2.05) is 0 Å². The van der Waals surface area contributed by atoms with E-state index in [1.165, 1.54) is 18.2 Å². The topological polar surface area (TPSA) is 67.4 Å². The van der Waals surface area contributed by atoms with Crippen molar-refractivity contribution in [3.8, 4) is 11.5 Å². The molecule has 1 atom stereocenters. The Hall–Kier alpha value is -3.03. The maximum atomic E-state index is 12.8. The van der Waals surface area contributed by atoms with Gasteiger partial charge in [-0.25, -0.2) is 0 Å². The van der Waals surface area contributed by atoms with Gasteiger partial charge in [0.15, 0.2) is 0 Å². The number of benzene rings is 2. The average molecular weight is 364 g/mol. The number of carbonyl (C=O) groups excluding carboxylic acids is 2. The van der Waals surface area contributed by atoms with Gasteiger partial charge >= 0.3 is 6.18 Å². The van der Waals surface area contributed by atoms with Crippen LogP contribution in [0.3, 0.4) is 0 Å². The Balaban J connectivity index is 1.70. The smallest absolute Gasteiger partial charge is 0.416 e. The molecule has 0 aliphatic carbocycles. The summed E-state index contributed by atoms with van der Waals surface area (Å²) < 4.78 is 43.7. The van der Waals surface area contributed by atoms with E-state index in [1.54, 1.807) is 18.2 Å². The van der Waals surface area contributed by atoms with Gasteiger partial charge in [-0.2, -0.15) is 13.2 Å². The highest BCUT2D eigenvalue weighted by Crippen LogP contribution is 2.33. The molecule has 1 unspecified atom stereocenters. The van der Waals surface area contributed by atoms with Crippen molar-refractivity contribution in [2.75, 3.05) is 5.32 Å². The molecule has 1 fully saturated rings. The maximum absolute atomic E-state index is 12.8. The Morgan fingerprint density at radius 1 is 1.12 bits per heavy atom. The molecule has 2 aromatic rings. The van der Waals surface area contributed by atoms with Crippen LogP contribution in [0.1, 0.15) is 18.4 Å². The van der Waals surface area contributed by atoms with E-state index in [-0.39, 0.29) is 23.3 Å². The van der Waals surface area contributed by atoms with Gasteiger partial charge in [-0.1, -0.05) is 12.1 Å². The van der Waals surface area contributed by atoms with Crippen LogP contribution in [0.15, 0.2) is 48.5 Å². The lowest BCUT2D eigenvalue weighted by Gasteiger charge is -2.13. The van der Waals surface area contributed by atoms with Gasteiger partial charge < -0.3 is 15.4 Å². The summed E-state index contributed by atoms with van der Waals surface area (Å²) in [7, 11) is 0. The second-order valence-electron chi connectivity index (χ2n) is 5.80. The number of anilines is 1. The highest BCUT2D eigenvalue weighted by molar-refractivity contribution is 5.99. The summed E-state index contributed by atoms with van der Waals surface area (Å²) in [5, 5.41) is 5.21. The second-order valence-corrected chi connectivity index (χ2v) is 5.80. The third-order valence-electron chi connectivity index (χ3n) is 3.81. The molecular weight excluding hydrogens is 349 g/mol. The fourth-order valence-electron chi connectivity index (χ4n) is 2.55. The molecular formula is C18H15F3N2O3. The van der Waals surface area contributed by atoms with Gasteiger partial charge in [-0.3, -0.25) is 9.59 Å². The number of hydrogen-bond donors (Lipinski definition) is 2. The number of carbonyl (C=O) groups is 2. The molecule has 2 aromatic carbocycles. The van der Waals surface area contributed by atoms with Crippen LogP contribution in [0.5, 0.6) is 11.5 Å². The van der Waals surface area contributed by atoms with Gasteiger partial charge in [0.1, 0.15) is 17.5 Å². The molecule has 5 nitrogen and oxygen atoms in total. The van der Waals surface area contributed by atoms with Gasteiger partial charge in [0.05, 0.1) is 5.56 Å². The first-order valence-corrected chi connectivity index (χ1v) is 7.87. The van der Waals surface area contributed by atoms with Crippen LogP contribution < -0.4 is 15.4 Å². The van der Waals surface area contributed by atoms with E-state index < -0.39 is 17.8 Å². The highest BCUT2D eigenvalue weighted by Gasteiger charge is 2.30. The fraction of sp³-hybridized carbons (Fsp3) is 0.222. The summed E-state index contributed by atoms with van der Waals surface area (Å²) in [6, 6.07) is 10.2. The van der Waals surface area contributed by atoms with Crippen molar-refractivity contribution in [2.24, 2.45) is 0 Å². The van der Waals surface area contributed by atoms with Crippen molar-refractivity contribution in [2.45, 2.75) is 25.1 Å². The number of amides is 2. The van der Waals surface area contributed by atoms with E-state index in [4.69, 9.17) is 4.74 Å². The summed E-state index contributed by atoms with van der Waals surface area (Å²) in [6.45, 7) is 0. The summed E-state index contributed by atoms with van der Waals surface area (Å²) in [6.07, 6.45) is -3.73. The lowest BCUT2D eigenvalue weighted by molar-refractivity contribution is -0.137. The summed E-state index contributed by atoms with van der Waals surface area (Å²) in [4.78, 5) is 23.3. The molecule has 1 aliphatic rings.